The van der Waals surface area contributed by atoms with Crippen LogP contribution in [0.25, 0.3) is 11.5 Å². The van der Waals surface area contributed by atoms with Gasteiger partial charge in [0.05, 0.1) is 0 Å². The van der Waals surface area contributed by atoms with Crippen molar-refractivity contribution in [2.24, 2.45) is 5.73 Å². The zero-order valence-electron chi connectivity index (χ0n) is 9.53. The lowest BCUT2D eigenvalue weighted by Gasteiger charge is -1.99. The number of aryl methyl sites for hydroxylation is 2. The normalized spacial score (nSPS) is 10.7. The molecule has 0 aliphatic heterocycles. The summed E-state index contributed by atoms with van der Waals surface area (Å²) in [5.41, 5.74) is 8.77. The first-order chi connectivity index (χ1) is 7.69. The number of hydrogen-bond acceptors (Lipinski definition) is 4. The molecule has 2 aromatic rings. The van der Waals surface area contributed by atoms with Crippen LogP contribution >= 0.6 is 0 Å². The molecule has 0 fully saturated rings. The first kappa shape index (κ1) is 10.8. The van der Waals surface area contributed by atoms with Crippen LogP contribution < -0.4 is 5.73 Å². The van der Waals surface area contributed by atoms with Gasteiger partial charge in [0.15, 0.2) is 0 Å². The van der Waals surface area contributed by atoms with Crippen LogP contribution in [0.15, 0.2) is 22.6 Å². The van der Waals surface area contributed by atoms with Crippen LogP contribution in [-0.4, -0.2) is 16.7 Å². The highest BCUT2D eigenvalue weighted by atomic mass is 16.4. The minimum Gasteiger partial charge on any atom is -0.421 e. The highest BCUT2D eigenvalue weighted by molar-refractivity contribution is 5.55. The van der Waals surface area contributed by atoms with E-state index in [-0.39, 0.29) is 0 Å². The number of nitrogens with two attached hydrogens (primary N) is 1. The fourth-order valence-corrected chi connectivity index (χ4v) is 1.69. The molecule has 0 aliphatic carbocycles. The van der Waals surface area contributed by atoms with Gasteiger partial charge in [0.25, 0.3) is 0 Å². The maximum Gasteiger partial charge on any atom is 0.247 e. The Bertz CT molecular complexity index is 471. The van der Waals surface area contributed by atoms with Gasteiger partial charge in [0.1, 0.15) is 0 Å². The Morgan fingerprint density at radius 3 is 2.44 bits per heavy atom. The van der Waals surface area contributed by atoms with Crippen molar-refractivity contribution >= 4 is 0 Å². The van der Waals surface area contributed by atoms with Crippen molar-refractivity contribution in [3.05, 3.63) is 35.2 Å². The van der Waals surface area contributed by atoms with Gasteiger partial charge >= 0.3 is 0 Å². The molecular weight excluding hydrogens is 202 g/mol. The van der Waals surface area contributed by atoms with Crippen LogP contribution in [0.4, 0.5) is 0 Å². The second-order valence-electron chi connectivity index (χ2n) is 3.92. The fourth-order valence-electron chi connectivity index (χ4n) is 1.69. The average Bonchev–Trinajstić information content (AvgIpc) is 2.65. The van der Waals surface area contributed by atoms with E-state index in [1.807, 2.05) is 26.0 Å². The van der Waals surface area contributed by atoms with Gasteiger partial charge in [-0.25, -0.2) is 0 Å². The van der Waals surface area contributed by atoms with E-state index >= 15 is 0 Å². The summed E-state index contributed by atoms with van der Waals surface area (Å²) in [5, 5.41) is 7.96. The van der Waals surface area contributed by atoms with E-state index < -0.39 is 0 Å². The topological polar surface area (TPSA) is 64.9 Å². The zero-order valence-corrected chi connectivity index (χ0v) is 9.53. The second kappa shape index (κ2) is 4.45. The third kappa shape index (κ3) is 2.28. The molecule has 0 saturated carbocycles. The Kier molecular flexibility index (Phi) is 3.01. The highest BCUT2D eigenvalue weighted by Gasteiger charge is 2.08. The average molecular weight is 217 g/mol. The number of benzene rings is 1. The predicted molar refractivity (Wildman–Crippen MR) is 62.0 cm³/mol. The van der Waals surface area contributed by atoms with E-state index in [0.29, 0.717) is 24.7 Å². The van der Waals surface area contributed by atoms with E-state index in [1.165, 1.54) is 11.1 Å². The Hall–Kier alpha value is -1.68. The molecule has 0 amide bonds. The van der Waals surface area contributed by atoms with Crippen LogP contribution in [0.3, 0.4) is 0 Å². The second-order valence-corrected chi connectivity index (χ2v) is 3.92. The highest BCUT2D eigenvalue weighted by Crippen LogP contribution is 2.20. The van der Waals surface area contributed by atoms with Gasteiger partial charge < -0.3 is 10.2 Å². The van der Waals surface area contributed by atoms with Crippen molar-refractivity contribution in [3.63, 3.8) is 0 Å². The van der Waals surface area contributed by atoms with Gasteiger partial charge in [-0.2, -0.15) is 0 Å². The largest absolute Gasteiger partial charge is 0.421 e. The molecule has 0 spiro atoms. The maximum absolute atomic E-state index is 5.52. The summed E-state index contributed by atoms with van der Waals surface area (Å²) in [6, 6.07) is 6.18. The lowest BCUT2D eigenvalue weighted by Crippen LogP contribution is -2.02. The molecule has 16 heavy (non-hydrogen) atoms. The number of aromatic nitrogens is 2. The summed E-state index contributed by atoms with van der Waals surface area (Å²) in [4.78, 5) is 0. The van der Waals surface area contributed by atoms with Crippen LogP contribution in [0.2, 0.25) is 0 Å². The van der Waals surface area contributed by atoms with E-state index in [0.717, 1.165) is 5.56 Å². The summed E-state index contributed by atoms with van der Waals surface area (Å²) in [6.07, 6.45) is 0.623. The van der Waals surface area contributed by atoms with Gasteiger partial charge in [-0.05, 0) is 26.0 Å². The van der Waals surface area contributed by atoms with Gasteiger partial charge in [0.2, 0.25) is 11.8 Å². The molecule has 4 nitrogen and oxygen atoms in total. The third-order valence-corrected chi connectivity index (χ3v) is 2.29. The molecule has 84 valence electrons. The van der Waals surface area contributed by atoms with Crippen LogP contribution in [0, 0.1) is 13.8 Å². The first-order valence-corrected chi connectivity index (χ1v) is 5.30. The van der Waals surface area contributed by atoms with Gasteiger partial charge in [0, 0.05) is 18.5 Å². The monoisotopic (exact) mass is 217 g/mol. The van der Waals surface area contributed by atoms with Gasteiger partial charge in [-0.1, -0.05) is 17.2 Å². The summed E-state index contributed by atoms with van der Waals surface area (Å²) in [5.74, 6) is 1.16. The van der Waals surface area contributed by atoms with Crippen molar-refractivity contribution in [2.75, 3.05) is 6.54 Å². The van der Waals surface area contributed by atoms with Crippen LogP contribution in [0.1, 0.15) is 17.0 Å². The lowest BCUT2D eigenvalue weighted by molar-refractivity contribution is 0.507. The number of rotatable bonds is 3. The molecule has 0 unspecified atom stereocenters. The van der Waals surface area contributed by atoms with Crippen molar-refractivity contribution in [3.8, 4) is 11.5 Å². The first-order valence-electron chi connectivity index (χ1n) is 5.30. The summed E-state index contributed by atoms with van der Waals surface area (Å²) >= 11 is 0. The Balaban J connectivity index is 2.34. The quantitative estimate of drug-likeness (QED) is 0.852. The summed E-state index contributed by atoms with van der Waals surface area (Å²) in [7, 11) is 0. The standard InChI is InChI=1S/C12H15N3O/c1-8-5-9(2)7-10(6-8)12-15-14-11(16-12)3-4-13/h5-7H,3-4,13H2,1-2H3. The van der Waals surface area contributed by atoms with Crippen molar-refractivity contribution < 1.29 is 4.42 Å². The fraction of sp³-hybridized carbons (Fsp3) is 0.333. The van der Waals surface area contributed by atoms with E-state index in [1.54, 1.807) is 0 Å². The van der Waals surface area contributed by atoms with Gasteiger partial charge in [-0.3, -0.25) is 0 Å². The minimum atomic E-state index is 0.522. The van der Waals surface area contributed by atoms with E-state index in [2.05, 4.69) is 16.3 Å². The molecular formula is C12H15N3O. The third-order valence-electron chi connectivity index (χ3n) is 2.29. The molecule has 0 atom stereocenters. The van der Waals surface area contributed by atoms with Crippen molar-refractivity contribution in [1.82, 2.24) is 10.2 Å². The number of hydrogen-bond donors (Lipinski definition) is 1. The molecule has 1 heterocycles. The molecule has 2 rings (SSSR count). The molecule has 0 bridgehead atoms. The summed E-state index contributed by atoms with van der Waals surface area (Å²) in [6.45, 7) is 4.62. The lowest BCUT2D eigenvalue weighted by atomic mass is 10.1. The molecule has 2 N–H and O–H groups in total. The molecule has 4 heteroatoms. The van der Waals surface area contributed by atoms with E-state index in [9.17, 15) is 0 Å². The van der Waals surface area contributed by atoms with Crippen molar-refractivity contribution in [1.29, 1.82) is 0 Å². The minimum absolute atomic E-state index is 0.522. The molecule has 0 aliphatic rings. The molecule has 0 radical (unpaired) electrons. The Morgan fingerprint density at radius 2 is 1.81 bits per heavy atom. The maximum atomic E-state index is 5.52. The Labute approximate surface area is 94.5 Å². The SMILES string of the molecule is Cc1cc(C)cc(-c2nnc(CCN)o2)c1. The number of nitrogens with zero attached hydrogens (tertiary/aromatic N) is 2. The van der Waals surface area contributed by atoms with E-state index in [4.69, 9.17) is 10.2 Å². The Morgan fingerprint density at radius 1 is 1.12 bits per heavy atom. The van der Waals surface area contributed by atoms with Crippen molar-refractivity contribution in [2.45, 2.75) is 20.3 Å². The molecule has 0 saturated heterocycles. The van der Waals surface area contributed by atoms with Gasteiger partial charge in [-0.15, -0.1) is 10.2 Å². The molecule has 1 aromatic heterocycles. The molecule has 1 aromatic carbocycles. The zero-order chi connectivity index (χ0) is 11.5. The van der Waals surface area contributed by atoms with Crippen LogP contribution in [-0.2, 0) is 6.42 Å². The predicted octanol–water partition coefficient (Wildman–Crippen LogP) is 1.85. The summed E-state index contributed by atoms with van der Waals surface area (Å²) < 4.78 is 5.52. The van der Waals surface area contributed by atoms with Crippen LogP contribution in [0.5, 0.6) is 0 Å². The smallest absolute Gasteiger partial charge is 0.247 e.